The lowest BCUT2D eigenvalue weighted by molar-refractivity contribution is -0.136. The third-order valence-electron chi connectivity index (χ3n) is 3.76. The average Bonchev–Trinajstić information content (AvgIpc) is 2.67. The van der Waals surface area contributed by atoms with Crippen LogP contribution in [0.3, 0.4) is 0 Å². The van der Waals surface area contributed by atoms with Gasteiger partial charge in [0.1, 0.15) is 5.25 Å². The second-order valence-electron chi connectivity index (χ2n) is 5.70. The first kappa shape index (κ1) is 20.6. The molecular weight excluding hydrogens is 366 g/mol. The Labute approximate surface area is 162 Å². The molecule has 0 spiro atoms. The molecule has 0 aliphatic carbocycles. The largest absolute Gasteiger partial charge is 0.493 e. The van der Waals surface area contributed by atoms with Crippen LogP contribution in [0.15, 0.2) is 47.4 Å². The number of methoxy groups -OCH3 is 1. The van der Waals surface area contributed by atoms with Gasteiger partial charge in [0.05, 0.1) is 19.3 Å². The van der Waals surface area contributed by atoms with Gasteiger partial charge in [-0.2, -0.15) is 0 Å². The van der Waals surface area contributed by atoms with Crippen molar-refractivity contribution in [2.75, 3.05) is 13.7 Å². The Morgan fingerprint density at radius 1 is 1.19 bits per heavy atom. The van der Waals surface area contributed by atoms with Gasteiger partial charge in [-0.3, -0.25) is 9.59 Å². The number of carboxylic acids is 1. The maximum atomic E-state index is 12.6. The zero-order chi connectivity index (χ0) is 19.8. The number of hydrogen-bond donors (Lipinski definition) is 2. The molecule has 0 aliphatic rings. The highest BCUT2D eigenvalue weighted by molar-refractivity contribution is 8.00. The molecule has 1 amide bonds. The summed E-state index contributed by atoms with van der Waals surface area (Å²) in [7, 11) is 1.58. The summed E-state index contributed by atoms with van der Waals surface area (Å²) in [6.45, 7) is 4.31. The number of ether oxygens (including phenoxy) is 2. The summed E-state index contributed by atoms with van der Waals surface area (Å²) in [6.07, 6.45) is 0. The van der Waals surface area contributed by atoms with E-state index in [1.54, 1.807) is 44.4 Å². The lowest BCUT2D eigenvalue weighted by Gasteiger charge is -2.13. The van der Waals surface area contributed by atoms with Gasteiger partial charge < -0.3 is 19.9 Å². The Morgan fingerprint density at radius 3 is 2.59 bits per heavy atom. The van der Waals surface area contributed by atoms with Crippen LogP contribution in [-0.2, 0) is 11.3 Å². The number of carbonyl (C=O) groups excluding carboxylic acids is 1. The number of benzene rings is 2. The van der Waals surface area contributed by atoms with Crippen LogP contribution in [0.5, 0.6) is 11.5 Å². The lowest BCUT2D eigenvalue weighted by Crippen LogP contribution is -2.24. The molecule has 0 saturated heterocycles. The standard InChI is InChI=1S/C20H23NO5S/c1-4-26-17-11-14(9-10-16(17)25-3)12-21-19(22)15-7-5-6-8-18(15)27-13(2)20(23)24/h5-11,13H,4,12H2,1-3H3,(H,21,22)(H,23,24). The molecule has 2 N–H and O–H groups in total. The molecule has 2 aromatic carbocycles. The molecule has 1 atom stereocenters. The summed E-state index contributed by atoms with van der Waals surface area (Å²) in [5, 5.41) is 11.3. The molecular formula is C20H23NO5S. The van der Waals surface area contributed by atoms with Crippen LogP contribution in [0.1, 0.15) is 29.8 Å². The van der Waals surface area contributed by atoms with Crippen molar-refractivity contribution in [3.63, 3.8) is 0 Å². The molecule has 7 heteroatoms. The molecule has 0 aromatic heterocycles. The number of hydrogen-bond acceptors (Lipinski definition) is 5. The predicted octanol–water partition coefficient (Wildman–Crippen LogP) is 3.59. The van der Waals surface area contributed by atoms with Crippen LogP contribution < -0.4 is 14.8 Å². The Hall–Kier alpha value is -2.67. The van der Waals surface area contributed by atoms with E-state index in [0.717, 1.165) is 17.3 Å². The second kappa shape index (κ2) is 9.87. The van der Waals surface area contributed by atoms with Gasteiger partial charge in [0.15, 0.2) is 11.5 Å². The Bertz CT molecular complexity index is 809. The molecule has 1 unspecified atom stereocenters. The zero-order valence-corrected chi connectivity index (χ0v) is 16.3. The molecule has 0 heterocycles. The van der Waals surface area contributed by atoms with Crippen molar-refractivity contribution in [1.82, 2.24) is 5.32 Å². The number of carbonyl (C=O) groups is 2. The van der Waals surface area contributed by atoms with Crippen LogP contribution in [0.2, 0.25) is 0 Å². The first-order valence-corrected chi connectivity index (χ1v) is 9.40. The van der Waals surface area contributed by atoms with Gasteiger partial charge in [0.2, 0.25) is 0 Å². The highest BCUT2D eigenvalue weighted by Gasteiger charge is 2.17. The Kier molecular flexibility index (Phi) is 7.55. The van der Waals surface area contributed by atoms with Crippen molar-refractivity contribution in [3.8, 4) is 11.5 Å². The highest BCUT2D eigenvalue weighted by atomic mass is 32.2. The molecule has 27 heavy (non-hydrogen) atoms. The zero-order valence-electron chi connectivity index (χ0n) is 15.5. The second-order valence-corrected chi connectivity index (χ2v) is 7.08. The highest BCUT2D eigenvalue weighted by Crippen LogP contribution is 2.29. The first-order valence-electron chi connectivity index (χ1n) is 8.52. The number of aliphatic carboxylic acids is 1. The van der Waals surface area contributed by atoms with Crippen LogP contribution in [0, 0.1) is 0 Å². The van der Waals surface area contributed by atoms with E-state index in [-0.39, 0.29) is 5.91 Å². The molecule has 0 bridgehead atoms. The van der Waals surface area contributed by atoms with Crippen molar-refractivity contribution in [1.29, 1.82) is 0 Å². The van der Waals surface area contributed by atoms with Crippen LogP contribution in [0.25, 0.3) is 0 Å². The van der Waals surface area contributed by atoms with Gasteiger partial charge in [0.25, 0.3) is 5.91 Å². The predicted molar refractivity (Wildman–Crippen MR) is 105 cm³/mol. The van der Waals surface area contributed by atoms with Gasteiger partial charge in [-0.15, -0.1) is 11.8 Å². The summed E-state index contributed by atoms with van der Waals surface area (Å²) in [6, 6.07) is 12.5. The fourth-order valence-corrected chi connectivity index (χ4v) is 3.30. The van der Waals surface area contributed by atoms with Crippen molar-refractivity contribution < 1.29 is 24.2 Å². The SMILES string of the molecule is CCOc1cc(CNC(=O)c2ccccc2SC(C)C(=O)O)ccc1OC. The minimum atomic E-state index is -0.920. The topological polar surface area (TPSA) is 84.9 Å². The van der Waals surface area contributed by atoms with Gasteiger partial charge in [0, 0.05) is 11.4 Å². The van der Waals surface area contributed by atoms with Gasteiger partial charge in [-0.25, -0.2) is 0 Å². The van der Waals surface area contributed by atoms with Crippen LogP contribution >= 0.6 is 11.8 Å². The molecule has 0 saturated carbocycles. The maximum absolute atomic E-state index is 12.6. The number of amides is 1. The van der Waals surface area contributed by atoms with E-state index in [2.05, 4.69) is 5.32 Å². The summed E-state index contributed by atoms with van der Waals surface area (Å²) in [4.78, 5) is 24.3. The Morgan fingerprint density at radius 2 is 1.93 bits per heavy atom. The molecule has 6 nitrogen and oxygen atoms in total. The van der Waals surface area contributed by atoms with E-state index in [4.69, 9.17) is 14.6 Å². The molecule has 0 fully saturated rings. The number of nitrogens with one attached hydrogen (secondary N) is 1. The molecule has 2 aromatic rings. The van der Waals surface area contributed by atoms with Gasteiger partial charge in [-0.1, -0.05) is 18.2 Å². The molecule has 0 radical (unpaired) electrons. The third-order valence-corrected chi connectivity index (χ3v) is 4.93. The van der Waals surface area contributed by atoms with Crippen molar-refractivity contribution in [2.45, 2.75) is 30.5 Å². The van der Waals surface area contributed by atoms with Crippen molar-refractivity contribution in [3.05, 3.63) is 53.6 Å². The monoisotopic (exact) mass is 389 g/mol. The Balaban J connectivity index is 2.10. The normalized spacial score (nSPS) is 11.5. The summed E-state index contributed by atoms with van der Waals surface area (Å²) in [5.41, 5.74) is 1.32. The first-order chi connectivity index (χ1) is 13.0. The van der Waals surface area contributed by atoms with E-state index in [1.807, 2.05) is 19.1 Å². The van der Waals surface area contributed by atoms with E-state index < -0.39 is 11.2 Å². The minimum Gasteiger partial charge on any atom is -0.493 e. The number of carboxylic acid groups (broad SMARTS) is 1. The van der Waals surface area contributed by atoms with E-state index >= 15 is 0 Å². The van der Waals surface area contributed by atoms with E-state index in [1.165, 1.54) is 0 Å². The maximum Gasteiger partial charge on any atom is 0.316 e. The van der Waals surface area contributed by atoms with Crippen molar-refractivity contribution >= 4 is 23.6 Å². The quantitative estimate of drug-likeness (QED) is 0.638. The molecule has 144 valence electrons. The fraction of sp³-hybridized carbons (Fsp3) is 0.300. The summed E-state index contributed by atoms with van der Waals surface area (Å²) in [5.74, 6) is 0.0793. The minimum absolute atomic E-state index is 0.260. The summed E-state index contributed by atoms with van der Waals surface area (Å²) >= 11 is 1.15. The van der Waals surface area contributed by atoms with Gasteiger partial charge >= 0.3 is 5.97 Å². The summed E-state index contributed by atoms with van der Waals surface area (Å²) < 4.78 is 10.8. The van der Waals surface area contributed by atoms with Crippen molar-refractivity contribution in [2.24, 2.45) is 0 Å². The average molecular weight is 389 g/mol. The van der Waals surface area contributed by atoms with E-state index in [9.17, 15) is 9.59 Å². The third kappa shape index (κ3) is 5.65. The van der Waals surface area contributed by atoms with Crippen LogP contribution in [0.4, 0.5) is 0 Å². The molecule has 2 rings (SSSR count). The fourth-order valence-electron chi connectivity index (χ4n) is 2.37. The van der Waals surface area contributed by atoms with Crippen LogP contribution in [-0.4, -0.2) is 35.9 Å². The number of thioether (sulfide) groups is 1. The lowest BCUT2D eigenvalue weighted by atomic mass is 10.1. The van der Waals surface area contributed by atoms with E-state index in [0.29, 0.717) is 35.1 Å². The number of rotatable bonds is 9. The molecule has 0 aliphatic heterocycles. The van der Waals surface area contributed by atoms with Gasteiger partial charge in [-0.05, 0) is 43.7 Å². The smallest absolute Gasteiger partial charge is 0.316 e.